The molecular weight excluding hydrogens is 424 g/mol. The summed E-state index contributed by atoms with van der Waals surface area (Å²) in [6.45, 7) is 4.58. The van der Waals surface area contributed by atoms with E-state index in [2.05, 4.69) is 38.8 Å². The molecular formula is C24H28N4O3S. The van der Waals surface area contributed by atoms with Crippen molar-refractivity contribution >= 4 is 35.0 Å². The van der Waals surface area contributed by atoms with Crippen LogP contribution in [0.2, 0.25) is 0 Å². The first-order valence-corrected chi connectivity index (χ1v) is 11.8. The predicted molar refractivity (Wildman–Crippen MR) is 126 cm³/mol. The van der Waals surface area contributed by atoms with Gasteiger partial charge in [0.2, 0.25) is 11.8 Å². The standard InChI is InChI=1S/C24H28N4O3S/c29-23(18-27-11-13-31-14-12-27)26-22-5-3-20(17-25-22)4-6-24(30)28-9-7-19(8-10-28)16-21-2-1-15-32-21/h1-7,15,17H,8-14,16,18H2,(H,25,26,29)/b6-4+. The highest BCUT2D eigenvalue weighted by Crippen LogP contribution is 2.19. The summed E-state index contributed by atoms with van der Waals surface area (Å²) in [5.41, 5.74) is 2.21. The summed E-state index contributed by atoms with van der Waals surface area (Å²) >= 11 is 1.77. The van der Waals surface area contributed by atoms with Crippen LogP contribution in [0.5, 0.6) is 0 Å². The molecule has 4 rings (SSSR count). The summed E-state index contributed by atoms with van der Waals surface area (Å²) in [4.78, 5) is 34.2. The molecule has 8 heteroatoms. The number of hydrogen-bond acceptors (Lipinski definition) is 6. The van der Waals surface area contributed by atoms with Crippen LogP contribution >= 0.6 is 11.3 Å². The summed E-state index contributed by atoms with van der Waals surface area (Å²) in [5.74, 6) is 0.417. The van der Waals surface area contributed by atoms with Gasteiger partial charge in [0.15, 0.2) is 0 Å². The predicted octanol–water partition coefficient (Wildman–Crippen LogP) is 2.83. The molecule has 0 unspecified atom stereocenters. The minimum Gasteiger partial charge on any atom is -0.379 e. The molecule has 4 heterocycles. The van der Waals surface area contributed by atoms with Crippen molar-refractivity contribution in [1.82, 2.24) is 14.8 Å². The zero-order valence-corrected chi connectivity index (χ0v) is 18.9. The Balaban J connectivity index is 1.23. The quantitative estimate of drug-likeness (QED) is 0.517. The Hall–Kier alpha value is -2.81. The van der Waals surface area contributed by atoms with E-state index in [1.54, 1.807) is 35.8 Å². The van der Waals surface area contributed by atoms with Gasteiger partial charge in [0.05, 0.1) is 19.8 Å². The Labute approximate surface area is 192 Å². The molecule has 0 spiro atoms. The Morgan fingerprint density at radius 2 is 2.06 bits per heavy atom. The van der Waals surface area contributed by atoms with Crippen LogP contribution in [0.4, 0.5) is 5.82 Å². The average molecular weight is 453 g/mol. The van der Waals surface area contributed by atoms with Gasteiger partial charge >= 0.3 is 0 Å². The maximum atomic E-state index is 12.5. The van der Waals surface area contributed by atoms with Crippen LogP contribution in [0.15, 0.2) is 53.6 Å². The van der Waals surface area contributed by atoms with E-state index in [0.29, 0.717) is 32.1 Å². The molecule has 1 N–H and O–H groups in total. The van der Waals surface area contributed by atoms with E-state index in [0.717, 1.165) is 38.0 Å². The second kappa shape index (κ2) is 11.2. The summed E-state index contributed by atoms with van der Waals surface area (Å²) in [6, 6.07) is 7.82. The molecule has 7 nitrogen and oxygen atoms in total. The summed E-state index contributed by atoms with van der Waals surface area (Å²) < 4.78 is 5.29. The fourth-order valence-electron chi connectivity index (χ4n) is 3.70. The number of pyridine rings is 1. The monoisotopic (exact) mass is 452 g/mol. The number of thiophene rings is 1. The summed E-state index contributed by atoms with van der Waals surface area (Å²) in [7, 11) is 0. The first kappa shape index (κ1) is 22.4. The number of hydrogen-bond donors (Lipinski definition) is 1. The SMILES string of the molecule is O=C(CN1CCOCC1)Nc1ccc(/C=C/C(=O)N2CC=C(Cc3cccs3)CC2)cn1. The third kappa shape index (κ3) is 6.59. The van der Waals surface area contributed by atoms with E-state index in [9.17, 15) is 9.59 Å². The third-order valence-corrected chi connectivity index (χ3v) is 6.42. The number of morpholine rings is 1. The van der Waals surface area contributed by atoms with Gasteiger partial charge in [0.25, 0.3) is 0 Å². The molecule has 0 aromatic carbocycles. The highest BCUT2D eigenvalue weighted by atomic mass is 32.1. The molecule has 0 atom stereocenters. The van der Waals surface area contributed by atoms with Crippen molar-refractivity contribution in [3.05, 3.63) is 64.0 Å². The lowest BCUT2D eigenvalue weighted by atomic mass is 10.0. The van der Waals surface area contributed by atoms with Crippen molar-refractivity contribution in [3.8, 4) is 0 Å². The van der Waals surface area contributed by atoms with Crippen LogP contribution in [0, 0.1) is 0 Å². The largest absolute Gasteiger partial charge is 0.379 e. The molecule has 2 amide bonds. The molecule has 0 aliphatic carbocycles. The molecule has 1 fully saturated rings. The van der Waals surface area contributed by atoms with Gasteiger partial charge in [-0.15, -0.1) is 11.3 Å². The molecule has 32 heavy (non-hydrogen) atoms. The van der Waals surface area contributed by atoms with E-state index in [-0.39, 0.29) is 11.8 Å². The van der Waals surface area contributed by atoms with Gasteiger partial charge in [-0.3, -0.25) is 14.5 Å². The van der Waals surface area contributed by atoms with Gasteiger partial charge < -0.3 is 15.0 Å². The zero-order valence-electron chi connectivity index (χ0n) is 18.0. The number of nitrogens with zero attached hydrogens (tertiary/aromatic N) is 3. The van der Waals surface area contributed by atoms with Crippen LogP contribution < -0.4 is 5.32 Å². The van der Waals surface area contributed by atoms with E-state index in [4.69, 9.17) is 4.74 Å². The lowest BCUT2D eigenvalue weighted by Crippen LogP contribution is -2.41. The molecule has 1 saturated heterocycles. The second-order valence-electron chi connectivity index (χ2n) is 7.90. The van der Waals surface area contributed by atoms with Gasteiger partial charge in [-0.2, -0.15) is 0 Å². The molecule has 2 aromatic rings. The van der Waals surface area contributed by atoms with Gasteiger partial charge in [0, 0.05) is 49.7 Å². The van der Waals surface area contributed by atoms with E-state index in [1.807, 2.05) is 11.0 Å². The Kier molecular flexibility index (Phi) is 7.82. The van der Waals surface area contributed by atoms with Crippen molar-refractivity contribution in [2.75, 3.05) is 51.3 Å². The minimum absolute atomic E-state index is 0.000635. The van der Waals surface area contributed by atoms with Crippen LogP contribution in [-0.4, -0.2) is 72.5 Å². The number of amides is 2. The number of carbonyl (C=O) groups is 2. The number of nitrogens with one attached hydrogen (secondary N) is 1. The second-order valence-corrected chi connectivity index (χ2v) is 8.93. The topological polar surface area (TPSA) is 74.8 Å². The van der Waals surface area contributed by atoms with E-state index in [1.165, 1.54) is 10.5 Å². The average Bonchev–Trinajstić information content (AvgIpc) is 3.32. The van der Waals surface area contributed by atoms with Crippen LogP contribution in [-0.2, 0) is 20.7 Å². The number of ether oxygens (including phenoxy) is 1. The Morgan fingerprint density at radius 1 is 1.19 bits per heavy atom. The number of anilines is 1. The van der Waals surface area contributed by atoms with Crippen molar-refractivity contribution in [2.45, 2.75) is 12.8 Å². The maximum Gasteiger partial charge on any atom is 0.246 e. The number of aromatic nitrogens is 1. The number of carbonyl (C=O) groups excluding carboxylic acids is 2. The third-order valence-electron chi connectivity index (χ3n) is 5.54. The molecule has 2 aliphatic rings. The number of rotatable bonds is 7. The van der Waals surface area contributed by atoms with E-state index < -0.39 is 0 Å². The van der Waals surface area contributed by atoms with Crippen LogP contribution in [0.1, 0.15) is 16.9 Å². The molecule has 2 aliphatic heterocycles. The summed E-state index contributed by atoms with van der Waals surface area (Å²) in [5, 5.41) is 4.91. The molecule has 2 aromatic heterocycles. The van der Waals surface area contributed by atoms with Crippen molar-refractivity contribution in [3.63, 3.8) is 0 Å². The smallest absolute Gasteiger partial charge is 0.246 e. The van der Waals surface area contributed by atoms with Crippen LogP contribution in [0.25, 0.3) is 6.08 Å². The van der Waals surface area contributed by atoms with Gasteiger partial charge in [-0.05, 0) is 41.6 Å². The molecule has 168 valence electrons. The zero-order chi connectivity index (χ0) is 22.2. The normalized spacial score (nSPS) is 17.4. The lowest BCUT2D eigenvalue weighted by molar-refractivity contribution is -0.125. The Bertz CT molecular complexity index is 964. The maximum absolute atomic E-state index is 12.5. The highest BCUT2D eigenvalue weighted by Gasteiger charge is 2.16. The molecule has 0 bridgehead atoms. The van der Waals surface area contributed by atoms with Gasteiger partial charge in [-0.1, -0.05) is 17.7 Å². The molecule has 0 saturated carbocycles. The van der Waals surface area contributed by atoms with E-state index >= 15 is 0 Å². The highest BCUT2D eigenvalue weighted by molar-refractivity contribution is 7.09. The first-order chi connectivity index (χ1) is 15.7. The summed E-state index contributed by atoms with van der Waals surface area (Å²) in [6.07, 6.45) is 9.08. The van der Waals surface area contributed by atoms with Gasteiger partial charge in [0.1, 0.15) is 5.82 Å². The van der Waals surface area contributed by atoms with Crippen molar-refractivity contribution < 1.29 is 14.3 Å². The van der Waals surface area contributed by atoms with Crippen LogP contribution in [0.3, 0.4) is 0 Å². The van der Waals surface area contributed by atoms with Crippen molar-refractivity contribution in [1.29, 1.82) is 0 Å². The Morgan fingerprint density at radius 3 is 2.75 bits per heavy atom. The fourth-order valence-corrected chi connectivity index (χ4v) is 4.46. The molecule has 0 radical (unpaired) electrons. The van der Waals surface area contributed by atoms with Crippen molar-refractivity contribution in [2.24, 2.45) is 0 Å². The lowest BCUT2D eigenvalue weighted by Gasteiger charge is -2.25. The first-order valence-electron chi connectivity index (χ1n) is 10.9. The minimum atomic E-state index is -0.0885. The van der Waals surface area contributed by atoms with Gasteiger partial charge in [-0.25, -0.2) is 4.98 Å². The fraction of sp³-hybridized carbons (Fsp3) is 0.375.